The molecular formula is C22H20ClN7O. The molecule has 31 heavy (non-hydrogen) atoms. The van der Waals surface area contributed by atoms with Gasteiger partial charge in [-0.2, -0.15) is 5.10 Å². The van der Waals surface area contributed by atoms with Gasteiger partial charge in [0.2, 0.25) is 5.95 Å². The van der Waals surface area contributed by atoms with Gasteiger partial charge in [0, 0.05) is 40.9 Å². The first-order valence-electron chi connectivity index (χ1n) is 9.62. The van der Waals surface area contributed by atoms with Crippen LogP contribution in [0.15, 0.2) is 67.0 Å². The van der Waals surface area contributed by atoms with Gasteiger partial charge in [-0.1, -0.05) is 23.7 Å². The van der Waals surface area contributed by atoms with Gasteiger partial charge in [0.05, 0.1) is 5.69 Å². The van der Waals surface area contributed by atoms with Crippen LogP contribution in [-0.4, -0.2) is 25.8 Å². The largest absolute Gasteiger partial charge is 0.368 e. The predicted octanol–water partition coefficient (Wildman–Crippen LogP) is 4.91. The Bertz CT molecular complexity index is 1220. The molecule has 0 bridgehead atoms. The highest BCUT2D eigenvalue weighted by Crippen LogP contribution is 2.31. The fourth-order valence-electron chi connectivity index (χ4n) is 3.08. The number of hydrogen-bond acceptors (Lipinski definition) is 5. The van der Waals surface area contributed by atoms with Crippen molar-refractivity contribution >= 4 is 35.0 Å². The molecule has 2 aromatic carbocycles. The van der Waals surface area contributed by atoms with Crippen molar-refractivity contribution in [1.82, 2.24) is 19.7 Å². The normalized spacial score (nSPS) is 10.6. The molecule has 8 nitrogen and oxygen atoms in total. The number of anilines is 3. The van der Waals surface area contributed by atoms with E-state index < -0.39 is 0 Å². The number of aryl methyl sites for hydroxylation is 1. The fourth-order valence-corrected chi connectivity index (χ4v) is 3.21. The third-order valence-corrected chi connectivity index (χ3v) is 4.79. The highest BCUT2D eigenvalue weighted by molar-refractivity contribution is 6.30. The Kier molecular flexibility index (Phi) is 5.81. The van der Waals surface area contributed by atoms with E-state index in [1.807, 2.05) is 42.1 Å². The summed E-state index contributed by atoms with van der Waals surface area (Å²) in [6, 6.07) is 15.8. The molecule has 0 spiro atoms. The van der Waals surface area contributed by atoms with Crippen LogP contribution in [0.5, 0.6) is 0 Å². The highest BCUT2D eigenvalue weighted by Gasteiger charge is 2.15. The van der Waals surface area contributed by atoms with E-state index in [9.17, 15) is 4.79 Å². The van der Waals surface area contributed by atoms with Crippen molar-refractivity contribution in [2.45, 2.75) is 13.5 Å². The number of aromatic nitrogens is 4. The lowest BCUT2D eigenvalue weighted by molar-refractivity contribution is 0.262. The number of carbonyl (C=O) groups is 1. The molecule has 0 unspecified atom stereocenters. The molecule has 2 amide bonds. The first-order chi connectivity index (χ1) is 15.0. The van der Waals surface area contributed by atoms with Crippen molar-refractivity contribution in [2.24, 2.45) is 0 Å². The zero-order valence-corrected chi connectivity index (χ0v) is 17.5. The van der Waals surface area contributed by atoms with Gasteiger partial charge in [0.15, 0.2) is 0 Å². The summed E-state index contributed by atoms with van der Waals surface area (Å²) in [5.41, 5.74) is 10.1. The van der Waals surface area contributed by atoms with E-state index in [0.29, 0.717) is 34.3 Å². The Balaban J connectivity index is 1.60. The van der Waals surface area contributed by atoms with Gasteiger partial charge >= 0.3 is 6.03 Å². The van der Waals surface area contributed by atoms with E-state index in [1.165, 1.54) is 0 Å². The molecule has 9 heteroatoms. The maximum atomic E-state index is 12.4. The summed E-state index contributed by atoms with van der Waals surface area (Å²) >= 11 is 5.88. The number of halogens is 1. The first kappa shape index (κ1) is 20.4. The minimum atomic E-state index is -0.354. The molecule has 2 aromatic heterocycles. The van der Waals surface area contributed by atoms with Crippen LogP contribution >= 0.6 is 11.6 Å². The van der Waals surface area contributed by atoms with Crippen molar-refractivity contribution < 1.29 is 4.79 Å². The number of nitrogen functional groups attached to an aromatic ring is 1. The van der Waals surface area contributed by atoms with E-state index in [-0.39, 0.29) is 12.0 Å². The molecule has 0 saturated carbocycles. The van der Waals surface area contributed by atoms with Crippen LogP contribution in [0, 0.1) is 0 Å². The third kappa shape index (κ3) is 4.81. The lowest BCUT2D eigenvalue weighted by Gasteiger charge is -2.09. The Hall–Kier alpha value is -3.91. The van der Waals surface area contributed by atoms with Crippen LogP contribution in [0.2, 0.25) is 5.02 Å². The summed E-state index contributed by atoms with van der Waals surface area (Å²) in [6.07, 6.45) is 3.55. The maximum absolute atomic E-state index is 12.4. The monoisotopic (exact) mass is 433 g/mol. The van der Waals surface area contributed by atoms with Gasteiger partial charge in [-0.25, -0.2) is 14.8 Å². The number of benzene rings is 2. The number of carbonyl (C=O) groups excluding carboxylic acids is 1. The SMILES string of the molecule is CCn1cc(-c2cccc(NC(=O)Nc3ccc(Cl)cc3)c2)c(-c2ccnc(N)n2)n1. The zero-order valence-electron chi connectivity index (χ0n) is 16.7. The van der Waals surface area contributed by atoms with Crippen molar-refractivity contribution in [1.29, 1.82) is 0 Å². The average molecular weight is 434 g/mol. The lowest BCUT2D eigenvalue weighted by atomic mass is 10.0. The van der Waals surface area contributed by atoms with E-state index in [0.717, 1.165) is 11.1 Å². The molecule has 0 aliphatic carbocycles. The van der Waals surface area contributed by atoms with Crippen LogP contribution in [0.4, 0.5) is 22.1 Å². The van der Waals surface area contributed by atoms with E-state index in [2.05, 4.69) is 25.7 Å². The summed E-state index contributed by atoms with van der Waals surface area (Å²) in [5.74, 6) is 0.184. The lowest BCUT2D eigenvalue weighted by Crippen LogP contribution is -2.19. The second-order valence-corrected chi connectivity index (χ2v) is 7.15. The standard InChI is InChI=1S/C22H20ClN7O/c1-2-30-13-18(20(29-30)19-10-11-25-21(24)28-19)14-4-3-5-17(12-14)27-22(31)26-16-8-6-15(23)7-9-16/h3-13H,2H2,1H3,(H2,24,25,28)(H2,26,27,31). The molecular weight excluding hydrogens is 414 g/mol. The Morgan fingerprint density at radius 1 is 1.10 bits per heavy atom. The molecule has 0 aliphatic rings. The number of hydrogen-bond donors (Lipinski definition) is 3. The molecule has 156 valence electrons. The first-order valence-corrected chi connectivity index (χ1v) is 10.00. The number of nitrogens with two attached hydrogens (primary N) is 1. The van der Waals surface area contributed by atoms with E-state index >= 15 is 0 Å². The van der Waals surface area contributed by atoms with Gasteiger partial charge in [-0.05, 0) is 55.0 Å². The number of urea groups is 1. The summed E-state index contributed by atoms with van der Waals surface area (Å²) < 4.78 is 1.83. The molecule has 0 saturated heterocycles. The van der Waals surface area contributed by atoms with Crippen LogP contribution in [0.1, 0.15) is 6.92 Å². The minimum absolute atomic E-state index is 0.184. The molecule has 0 aliphatic heterocycles. The smallest absolute Gasteiger partial charge is 0.323 e. The van der Waals surface area contributed by atoms with Crippen molar-refractivity contribution in [3.05, 3.63) is 72.0 Å². The maximum Gasteiger partial charge on any atom is 0.323 e. The number of nitrogens with one attached hydrogen (secondary N) is 2. The summed E-state index contributed by atoms with van der Waals surface area (Å²) in [4.78, 5) is 20.6. The molecule has 0 fully saturated rings. The van der Waals surface area contributed by atoms with Gasteiger partial charge in [-0.3, -0.25) is 4.68 Å². The van der Waals surface area contributed by atoms with Crippen LogP contribution < -0.4 is 16.4 Å². The third-order valence-electron chi connectivity index (χ3n) is 4.54. The molecule has 0 radical (unpaired) electrons. The average Bonchev–Trinajstić information content (AvgIpc) is 3.20. The van der Waals surface area contributed by atoms with Gasteiger partial charge in [-0.15, -0.1) is 0 Å². The highest BCUT2D eigenvalue weighted by atomic mass is 35.5. The molecule has 0 atom stereocenters. The minimum Gasteiger partial charge on any atom is -0.368 e. The van der Waals surface area contributed by atoms with Crippen molar-refractivity contribution in [2.75, 3.05) is 16.4 Å². The quantitative estimate of drug-likeness (QED) is 0.414. The van der Waals surface area contributed by atoms with Crippen molar-refractivity contribution in [3.8, 4) is 22.5 Å². The van der Waals surface area contributed by atoms with Crippen molar-refractivity contribution in [3.63, 3.8) is 0 Å². The van der Waals surface area contributed by atoms with Crippen LogP contribution in [-0.2, 0) is 6.54 Å². The molecule has 4 aromatic rings. The number of amides is 2. The van der Waals surface area contributed by atoms with Gasteiger partial charge < -0.3 is 16.4 Å². The van der Waals surface area contributed by atoms with Crippen LogP contribution in [0.3, 0.4) is 0 Å². The summed E-state index contributed by atoms with van der Waals surface area (Å²) in [7, 11) is 0. The Morgan fingerprint density at radius 3 is 2.61 bits per heavy atom. The Morgan fingerprint density at radius 2 is 1.87 bits per heavy atom. The fraction of sp³-hybridized carbons (Fsp3) is 0.0909. The molecule has 2 heterocycles. The number of rotatable bonds is 5. The summed E-state index contributed by atoms with van der Waals surface area (Å²) in [6.45, 7) is 2.71. The van der Waals surface area contributed by atoms with Gasteiger partial charge in [0.25, 0.3) is 0 Å². The molecule has 4 N–H and O–H groups in total. The van der Waals surface area contributed by atoms with Crippen LogP contribution in [0.25, 0.3) is 22.5 Å². The second-order valence-electron chi connectivity index (χ2n) is 6.71. The zero-order chi connectivity index (χ0) is 21.8. The predicted molar refractivity (Wildman–Crippen MR) is 123 cm³/mol. The number of nitrogens with zero attached hydrogens (tertiary/aromatic N) is 4. The van der Waals surface area contributed by atoms with E-state index in [4.69, 9.17) is 17.3 Å². The molecule has 4 rings (SSSR count). The van der Waals surface area contributed by atoms with Gasteiger partial charge in [0.1, 0.15) is 5.69 Å². The Labute approximate surface area is 184 Å². The van der Waals surface area contributed by atoms with E-state index in [1.54, 1.807) is 36.5 Å². The second kappa shape index (κ2) is 8.85. The summed E-state index contributed by atoms with van der Waals surface area (Å²) in [5, 5.41) is 10.9. The topological polar surface area (TPSA) is 111 Å².